The van der Waals surface area contributed by atoms with E-state index in [-0.39, 0.29) is 0 Å². The van der Waals surface area contributed by atoms with Crippen LogP contribution in [0.25, 0.3) is 0 Å². The molecule has 0 unspecified atom stereocenters. The molecule has 0 bridgehead atoms. The summed E-state index contributed by atoms with van der Waals surface area (Å²) >= 11 is 3.52. The average molecular weight is 289 g/mol. The van der Waals surface area contributed by atoms with Crippen molar-refractivity contribution in [2.24, 2.45) is 0 Å². The van der Waals surface area contributed by atoms with Crippen LogP contribution in [0.15, 0.2) is 10.7 Å². The monoisotopic (exact) mass is 288 g/mol. The van der Waals surface area contributed by atoms with E-state index < -0.39 is 0 Å². The first-order valence-corrected chi connectivity index (χ1v) is 6.72. The molecule has 0 aliphatic carbocycles. The van der Waals surface area contributed by atoms with Crippen molar-refractivity contribution in [3.63, 3.8) is 0 Å². The number of hydrogen-bond donors (Lipinski definition) is 0. The van der Waals surface area contributed by atoms with Crippen molar-refractivity contribution in [2.75, 3.05) is 0 Å². The lowest BCUT2D eigenvalue weighted by molar-refractivity contribution is 0.0482. The van der Waals surface area contributed by atoms with Gasteiger partial charge in [0.2, 0.25) is 0 Å². The third-order valence-corrected chi connectivity index (χ3v) is 3.54. The molecule has 0 amide bonds. The molecule has 0 aromatic carbocycles. The minimum atomic E-state index is 0.292. The van der Waals surface area contributed by atoms with Crippen molar-refractivity contribution in [1.82, 2.24) is 9.78 Å². The molecule has 0 radical (unpaired) electrons. The second-order valence-corrected chi connectivity index (χ2v) is 5.05. The van der Waals surface area contributed by atoms with Crippen LogP contribution in [0.2, 0.25) is 0 Å². The number of nitrogens with zero attached hydrogens (tertiary/aromatic N) is 2. The molecule has 1 heterocycles. The van der Waals surface area contributed by atoms with Gasteiger partial charge in [0, 0.05) is 12.2 Å². The zero-order chi connectivity index (χ0) is 12.1. The van der Waals surface area contributed by atoms with Gasteiger partial charge in [0.15, 0.2) is 0 Å². The van der Waals surface area contributed by atoms with Crippen LogP contribution in [0.3, 0.4) is 0 Å². The van der Waals surface area contributed by atoms with Crippen LogP contribution in [0.4, 0.5) is 0 Å². The van der Waals surface area contributed by atoms with Gasteiger partial charge in [-0.3, -0.25) is 4.68 Å². The molecule has 1 rings (SSSR count). The van der Waals surface area contributed by atoms with Crippen molar-refractivity contribution in [3.05, 3.63) is 16.4 Å². The summed E-state index contributed by atoms with van der Waals surface area (Å²) in [5.41, 5.74) is 0.987. The zero-order valence-corrected chi connectivity index (χ0v) is 12.1. The average Bonchev–Trinajstić information content (AvgIpc) is 2.66. The third kappa shape index (κ3) is 3.59. The van der Waals surface area contributed by atoms with Gasteiger partial charge >= 0.3 is 0 Å². The highest BCUT2D eigenvalue weighted by Crippen LogP contribution is 2.20. The van der Waals surface area contributed by atoms with E-state index in [1.807, 2.05) is 10.9 Å². The summed E-state index contributed by atoms with van der Waals surface area (Å²) in [7, 11) is 0. The summed E-state index contributed by atoms with van der Waals surface area (Å²) in [5.74, 6) is 0. The Morgan fingerprint density at radius 1 is 1.38 bits per heavy atom. The molecular formula is C12H21BrN2O. The van der Waals surface area contributed by atoms with E-state index in [0.717, 1.165) is 23.0 Å². The van der Waals surface area contributed by atoms with E-state index in [1.54, 1.807) is 0 Å². The molecule has 0 N–H and O–H groups in total. The minimum Gasteiger partial charge on any atom is -0.372 e. The van der Waals surface area contributed by atoms with E-state index in [2.05, 4.69) is 48.7 Å². The molecule has 1 aromatic rings. The van der Waals surface area contributed by atoms with E-state index in [0.29, 0.717) is 18.8 Å². The predicted octanol–water partition coefficient (Wildman–Crippen LogP) is 3.93. The first kappa shape index (κ1) is 13.7. The molecule has 3 nitrogen and oxygen atoms in total. The van der Waals surface area contributed by atoms with E-state index >= 15 is 0 Å². The summed E-state index contributed by atoms with van der Waals surface area (Å²) in [4.78, 5) is 0. The molecule has 0 saturated heterocycles. The Morgan fingerprint density at radius 3 is 2.62 bits per heavy atom. The first-order valence-electron chi connectivity index (χ1n) is 5.93. The molecule has 2 atom stereocenters. The summed E-state index contributed by atoms with van der Waals surface area (Å²) in [6, 6.07) is 0.439. The van der Waals surface area contributed by atoms with Gasteiger partial charge in [-0.05, 0) is 42.6 Å². The van der Waals surface area contributed by atoms with Crippen LogP contribution in [0.1, 0.15) is 52.3 Å². The molecule has 16 heavy (non-hydrogen) atoms. The van der Waals surface area contributed by atoms with Crippen molar-refractivity contribution in [2.45, 2.75) is 59.3 Å². The van der Waals surface area contributed by atoms with Crippen molar-refractivity contribution in [3.8, 4) is 0 Å². The molecule has 0 aliphatic rings. The Balaban J connectivity index is 2.63. The van der Waals surface area contributed by atoms with Gasteiger partial charge in [-0.2, -0.15) is 5.10 Å². The van der Waals surface area contributed by atoms with Crippen LogP contribution in [0.5, 0.6) is 0 Å². The number of rotatable bonds is 6. The van der Waals surface area contributed by atoms with E-state index in [9.17, 15) is 0 Å². The summed E-state index contributed by atoms with van der Waals surface area (Å²) in [5, 5.41) is 4.53. The normalized spacial score (nSPS) is 15.1. The van der Waals surface area contributed by atoms with Crippen LogP contribution >= 0.6 is 15.9 Å². The SMILES string of the molecule is CC[C@@H](C)n1cc(Br)c(CO[C@@H](C)CC)n1. The topological polar surface area (TPSA) is 27.1 Å². The molecule has 1 aromatic heterocycles. The van der Waals surface area contributed by atoms with Crippen LogP contribution in [0, 0.1) is 0 Å². The van der Waals surface area contributed by atoms with Crippen LogP contribution in [-0.2, 0) is 11.3 Å². The first-order chi connectivity index (χ1) is 7.58. The lowest BCUT2D eigenvalue weighted by Gasteiger charge is -2.10. The molecule has 92 valence electrons. The maximum atomic E-state index is 5.68. The van der Waals surface area contributed by atoms with E-state index in [1.165, 1.54) is 0 Å². The fourth-order valence-corrected chi connectivity index (χ4v) is 1.66. The van der Waals surface area contributed by atoms with Gasteiger partial charge in [-0.1, -0.05) is 13.8 Å². The fourth-order valence-electron chi connectivity index (χ4n) is 1.26. The number of aromatic nitrogens is 2. The Kier molecular flexibility index (Phi) is 5.49. The van der Waals surface area contributed by atoms with Gasteiger partial charge in [0.05, 0.1) is 17.2 Å². The standard InChI is InChI=1S/C12H21BrN2O/c1-5-9(3)15-7-11(13)12(14-15)8-16-10(4)6-2/h7,9-10H,5-6,8H2,1-4H3/t9-,10+/m1/s1. The molecule has 0 spiro atoms. The highest BCUT2D eigenvalue weighted by Gasteiger charge is 2.11. The largest absolute Gasteiger partial charge is 0.372 e. The lowest BCUT2D eigenvalue weighted by Crippen LogP contribution is -2.08. The number of halogens is 1. The quantitative estimate of drug-likeness (QED) is 0.793. The van der Waals surface area contributed by atoms with Crippen molar-refractivity contribution in [1.29, 1.82) is 0 Å². The fraction of sp³-hybridized carbons (Fsp3) is 0.750. The molecular weight excluding hydrogens is 268 g/mol. The molecule has 0 fully saturated rings. The molecule has 0 aliphatic heterocycles. The van der Waals surface area contributed by atoms with Gasteiger partial charge in [-0.15, -0.1) is 0 Å². The zero-order valence-electron chi connectivity index (χ0n) is 10.5. The number of hydrogen-bond acceptors (Lipinski definition) is 2. The van der Waals surface area contributed by atoms with Gasteiger partial charge in [0.25, 0.3) is 0 Å². The highest BCUT2D eigenvalue weighted by atomic mass is 79.9. The Morgan fingerprint density at radius 2 is 2.06 bits per heavy atom. The Bertz CT molecular complexity index is 325. The second kappa shape index (κ2) is 6.40. The molecule has 0 saturated carbocycles. The van der Waals surface area contributed by atoms with Gasteiger partial charge in [0.1, 0.15) is 5.69 Å². The lowest BCUT2D eigenvalue weighted by atomic mass is 10.3. The third-order valence-electron chi connectivity index (χ3n) is 2.88. The predicted molar refractivity (Wildman–Crippen MR) is 69.5 cm³/mol. The number of ether oxygens (including phenoxy) is 1. The minimum absolute atomic E-state index is 0.292. The van der Waals surface area contributed by atoms with Crippen LogP contribution < -0.4 is 0 Å². The Hall–Kier alpha value is -0.350. The van der Waals surface area contributed by atoms with Gasteiger partial charge < -0.3 is 4.74 Å². The van der Waals surface area contributed by atoms with Crippen molar-refractivity contribution >= 4 is 15.9 Å². The smallest absolute Gasteiger partial charge is 0.102 e. The molecule has 4 heteroatoms. The van der Waals surface area contributed by atoms with E-state index in [4.69, 9.17) is 4.74 Å². The summed E-state index contributed by atoms with van der Waals surface area (Å²) < 4.78 is 8.72. The van der Waals surface area contributed by atoms with Crippen molar-refractivity contribution < 1.29 is 4.74 Å². The summed E-state index contributed by atoms with van der Waals surface area (Å²) in [6.45, 7) is 9.12. The van der Waals surface area contributed by atoms with Crippen LogP contribution in [-0.4, -0.2) is 15.9 Å². The summed E-state index contributed by atoms with van der Waals surface area (Å²) in [6.07, 6.45) is 4.44. The Labute approximate surface area is 106 Å². The maximum Gasteiger partial charge on any atom is 0.102 e. The van der Waals surface area contributed by atoms with Gasteiger partial charge in [-0.25, -0.2) is 0 Å². The second-order valence-electron chi connectivity index (χ2n) is 4.19. The maximum absolute atomic E-state index is 5.68. The highest BCUT2D eigenvalue weighted by molar-refractivity contribution is 9.10.